The van der Waals surface area contributed by atoms with Gasteiger partial charge in [0.05, 0.1) is 0 Å². The van der Waals surface area contributed by atoms with E-state index in [4.69, 9.17) is 0 Å². The normalized spacial score (nSPS) is 20.9. The maximum atomic E-state index is 13.3. The molecule has 0 heterocycles. The average molecular weight is 210 g/mol. The molecule has 0 radical (unpaired) electrons. The van der Waals surface area contributed by atoms with Crippen LogP contribution in [0.4, 0.5) is 13.2 Å². The summed E-state index contributed by atoms with van der Waals surface area (Å²) in [6.45, 7) is 0. The first kappa shape index (κ1) is 10.0. The van der Waals surface area contributed by atoms with Gasteiger partial charge in [-0.1, -0.05) is 24.3 Å². The van der Waals surface area contributed by atoms with Gasteiger partial charge in [0.25, 0.3) is 0 Å². The maximum Gasteiger partial charge on any atom is 0.155 e. The molecule has 15 heavy (non-hydrogen) atoms. The van der Waals surface area contributed by atoms with Crippen LogP contribution in [0.3, 0.4) is 0 Å². The Hall–Kier alpha value is -1.51. The molecule has 0 aliphatic heterocycles. The number of rotatable bonds is 1. The Morgan fingerprint density at radius 1 is 1.07 bits per heavy atom. The van der Waals surface area contributed by atoms with Gasteiger partial charge in [0.15, 0.2) is 6.17 Å². The zero-order valence-corrected chi connectivity index (χ0v) is 7.88. The highest BCUT2D eigenvalue weighted by molar-refractivity contribution is 5.69. The molecule has 0 bridgehead atoms. The minimum atomic E-state index is -1.65. The average Bonchev–Trinajstić information content (AvgIpc) is 2.23. The second kappa shape index (κ2) is 3.93. The lowest BCUT2D eigenvalue weighted by Crippen LogP contribution is -2.06. The van der Waals surface area contributed by atoms with E-state index < -0.39 is 17.8 Å². The van der Waals surface area contributed by atoms with E-state index in [9.17, 15) is 13.2 Å². The molecule has 1 aliphatic carbocycles. The molecule has 0 saturated heterocycles. The number of benzene rings is 1. The predicted molar refractivity (Wildman–Crippen MR) is 53.1 cm³/mol. The van der Waals surface area contributed by atoms with Gasteiger partial charge >= 0.3 is 0 Å². The lowest BCUT2D eigenvalue weighted by Gasteiger charge is -2.14. The fourth-order valence-corrected chi connectivity index (χ4v) is 1.56. The van der Waals surface area contributed by atoms with Crippen LogP contribution in [0.5, 0.6) is 0 Å². The Kier molecular flexibility index (Phi) is 2.62. The van der Waals surface area contributed by atoms with Crippen LogP contribution in [0.15, 0.2) is 42.2 Å². The maximum absolute atomic E-state index is 13.3. The molecule has 0 saturated carbocycles. The van der Waals surface area contributed by atoms with Gasteiger partial charge in [-0.2, -0.15) is 0 Å². The summed E-state index contributed by atoms with van der Waals surface area (Å²) in [5, 5.41) is 0. The zero-order valence-electron chi connectivity index (χ0n) is 7.88. The van der Waals surface area contributed by atoms with Crippen molar-refractivity contribution in [2.24, 2.45) is 0 Å². The Labute approximate surface area is 85.7 Å². The summed E-state index contributed by atoms with van der Waals surface area (Å²) in [7, 11) is 0. The van der Waals surface area contributed by atoms with E-state index in [1.807, 2.05) is 0 Å². The van der Waals surface area contributed by atoms with Crippen LogP contribution >= 0.6 is 0 Å². The number of hydrogen-bond donors (Lipinski definition) is 0. The molecule has 0 N–H and O–H groups in total. The van der Waals surface area contributed by atoms with Gasteiger partial charge in [-0.15, -0.1) is 0 Å². The van der Waals surface area contributed by atoms with E-state index in [-0.39, 0.29) is 6.42 Å². The van der Waals surface area contributed by atoms with E-state index in [0.717, 1.165) is 6.08 Å². The van der Waals surface area contributed by atoms with E-state index >= 15 is 0 Å². The highest BCUT2D eigenvalue weighted by atomic mass is 19.2. The smallest absolute Gasteiger partial charge is 0.155 e. The number of alkyl halides is 1. The predicted octanol–water partition coefficient (Wildman–Crippen LogP) is 3.80. The van der Waals surface area contributed by atoms with Crippen molar-refractivity contribution in [3.63, 3.8) is 0 Å². The second-order valence-electron chi connectivity index (χ2n) is 3.39. The van der Waals surface area contributed by atoms with Crippen molar-refractivity contribution >= 4 is 5.57 Å². The third-order valence-corrected chi connectivity index (χ3v) is 2.36. The summed E-state index contributed by atoms with van der Waals surface area (Å²) in [4.78, 5) is 0. The fraction of sp³-hybridized carbons (Fsp3) is 0.167. The molecular weight excluding hydrogens is 201 g/mol. The first-order chi connectivity index (χ1) is 7.18. The van der Waals surface area contributed by atoms with Gasteiger partial charge in [-0.25, -0.2) is 13.2 Å². The first-order valence-corrected chi connectivity index (χ1v) is 4.63. The number of hydrogen-bond acceptors (Lipinski definition) is 0. The molecule has 1 atom stereocenters. The summed E-state index contributed by atoms with van der Waals surface area (Å²) < 4.78 is 39.1. The van der Waals surface area contributed by atoms with Gasteiger partial charge in [0.2, 0.25) is 0 Å². The molecule has 0 spiro atoms. The quantitative estimate of drug-likeness (QED) is 0.661. The Bertz CT molecular complexity index is 432. The number of allylic oxidation sites excluding steroid dienone is 4. The molecule has 0 aromatic heterocycles. The van der Waals surface area contributed by atoms with Crippen molar-refractivity contribution in [1.29, 1.82) is 0 Å². The molecule has 78 valence electrons. The highest BCUT2D eigenvalue weighted by Gasteiger charge is 2.20. The Morgan fingerprint density at radius 2 is 1.80 bits per heavy atom. The lowest BCUT2D eigenvalue weighted by atomic mass is 9.95. The molecule has 1 aromatic rings. The van der Waals surface area contributed by atoms with Crippen molar-refractivity contribution in [1.82, 2.24) is 0 Å². The van der Waals surface area contributed by atoms with Crippen molar-refractivity contribution in [2.45, 2.75) is 12.6 Å². The molecule has 2 rings (SSSR count). The third kappa shape index (κ3) is 1.96. The topological polar surface area (TPSA) is 0 Å². The second-order valence-corrected chi connectivity index (χ2v) is 3.39. The van der Waals surface area contributed by atoms with E-state index in [2.05, 4.69) is 0 Å². The van der Waals surface area contributed by atoms with Crippen LogP contribution in [0.2, 0.25) is 0 Å². The molecule has 0 nitrogen and oxygen atoms in total. The SMILES string of the molecule is FC1=CC=C(c2ccccc2F)CC1F. The summed E-state index contributed by atoms with van der Waals surface area (Å²) in [6.07, 6.45) is 0.716. The summed E-state index contributed by atoms with van der Waals surface area (Å²) in [5.41, 5.74) is 0.825. The lowest BCUT2D eigenvalue weighted by molar-refractivity contribution is 0.329. The van der Waals surface area contributed by atoms with Crippen LogP contribution in [0, 0.1) is 5.82 Å². The largest absolute Gasteiger partial charge is 0.239 e. The Morgan fingerprint density at radius 3 is 2.47 bits per heavy atom. The van der Waals surface area contributed by atoms with Crippen molar-refractivity contribution in [3.8, 4) is 0 Å². The van der Waals surface area contributed by atoms with E-state index in [0.29, 0.717) is 11.1 Å². The molecule has 1 unspecified atom stereocenters. The minimum absolute atomic E-state index is 0.108. The van der Waals surface area contributed by atoms with Crippen molar-refractivity contribution in [2.75, 3.05) is 0 Å². The summed E-state index contributed by atoms with van der Waals surface area (Å²) in [5.74, 6) is -1.21. The van der Waals surface area contributed by atoms with E-state index in [1.54, 1.807) is 18.2 Å². The van der Waals surface area contributed by atoms with Crippen molar-refractivity contribution in [3.05, 3.63) is 53.6 Å². The first-order valence-electron chi connectivity index (χ1n) is 4.63. The highest BCUT2D eigenvalue weighted by Crippen LogP contribution is 2.30. The van der Waals surface area contributed by atoms with Crippen LogP contribution in [0.1, 0.15) is 12.0 Å². The van der Waals surface area contributed by atoms with Crippen molar-refractivity contribution < 1.29 is 13.2 Å². The van der Waals surface area contributed by atoms with Crippen LogP contribution in [-0.4, -0.2) is 6.17 Å². The van der Waals surface area contributed by atoms with Crippen LogP contribution in [-0.2, 0) is 0 Å². The van der Waals surface area contributed by atoms with Gasteiger partial charge in [-0.05, 0) is 17.7 Å². The molecular formula is C12H9F3. The zero-order chi connectivity index (χ0) is 10.8. The molecule has 0 fully saturated rings. The summed E-state index contributed by atoms with van der Waals surface area (Å²) >= 11 is 0. The standard InChI is InChI=1S/C12H9F3/c13-10-4-2-1-3-9(10)8-5-6-11(14)12(15)7-8/h1-6,12H,7H2. The summed E-state index contributed by atoms with van der Waals surface area (Å²) in [6, 6.07) is 6.09. The Balaban J connectivity index is 2.38. The molecule has 3 heteroatoms. The molecule has 0 amide bonds. The fourth-order valence-electron chi connectivity index (χ4n) is 1.56. The van der Waals surface area contributed by atoms with Crippen LogP contribution in [0.25, 0.3) is 5.57 Å². The number of halogens is 3. The van der Waals surface area contributed by atoms with Gasteiger partial charge < -0.3 is 0 Å². The molecule has 1 aliphatic rings. The molecule has 1 aromatic carbocycles. The van der Waals surface area contributed by atoms with E-state index in [1.165, 1.54) is 12.1 Å². The van der Waals surface area contributed by atoms with Gasteiger partial charge in [-0.3, -0.25) is 0 Å². The van der Waals surface area contributed by atoms with Gasteiger partial charge in [0, 0.05) is 12.0 Å². The van der Waals surface area contributed by atoms with Crippen LogP contribution < -0.4 is 0 Å². The van der Waals surface area contributed by atoms with Gasteiger partial charge in [0.1, 0.15) is 11.6 Å². The minimum Gasteiger partial charge on any atom is -0.239 e. The monoisotopic (exact) mass is 210 g/mol. The third-order valence-electron chi connectivity index (χ3n) is 2.36.